The highest BCUT2D eigenvalue weighted by molar-refractivity contribution is 5.90. The standard InChI is InChI=1S/C26H39N3O2/c30-25(15-9-21-5-1-2-6-21)27-23-11-13-24(14-12-23)28-17-19-29(20-18-28)26(31)16-10-22-7-3-4-8-22/h11-14,21-22H,1-10,15-20H2,(H,27,30). The van der Waals surface area contributed by atoms with Crippen LogP contribution in [0.15, 0.2) is 24.3 Å². The molecular formula is C26H39N3O2. The highest BCUT2D eigenvalue weighted by Gasteiger charge is 2.23. The third kappa shape index (κ3) is 6.47. The van der Waals surface area contributed by atoms with Gasteiger partial charge < -0.3 is 15.1 Å². The normalized spacial score (nSPS) is 20.4. The van der Waals surface area contributed by atoms with E-state index in [9.17, 15) is 9.59 Å². The minimum Gasteiger partial charge on any atom is -0.368 e. The molecule has 0 unspecified atom stereocenters. The Balaban J connectivity index is 1.17. The van der Waals surface area contributed by atoms with Crippen molar-refractivity contribution in [2.24, 2.45) is 11.8 Å². The van der Waals surface area contributed by atoms with E-state index in [1.807, 2.05) is 17.0 Å². The van der Waals surface area contributed by atoms with Crippen LogP contribution in [0.5, 0.6) is 0 Å². The molecule has 3 aliphatic rings. The monoisotopic (exact) mass is 425 g/mol. The summed E-state index contributed by atoms with van der Waals surface area (Å²) in [5.41, 5.74) is 2.04. The largest absolute Gasteiger partial charge is 0.368 e. The van der Waals surface area contributed by atoms with Crippen LogP contribution in [0.3, 0.4) is 0 Å². The van der Waals surface area contributed by atoms with Gasteiger partial charge in [0, 0.05) is 50.4 Å². The predicted molar refractivity (Wildman–Crippen MR) is 126 cm³/mol. The Morgan fingerprint density at radius 2 is 1.32 bits per heavy atom. The van der Waals surface area contributed by atoms with E-state index >= 15 is 0 Å². The van der Waals surface area contributed by atoms with Gasteiger partial charge >= 0.3 is 0 Å². The molecule has 31 heavy (non-hydrogen) atoms. The molecule has 1 aliphatic heterocycles. The van der Waals surface area contributed by atoms with Gasteiger partial charge in [-0.1, -0.05) is 51.4 Å². The van der Waals surface area contributed by atoms with E-state index in [1.54, 1.807) is 0 Å². The maximum Gasteiger partial charge on any atom is 0.224 e. The highest BCUT2D eigenvalue weighted by atomic mass is 16.2. The second-order valence-corrected chi connectivity index (χ2v) is 9.84. The number of hydrogen-bond acceptors (Lipinski definition) is 3. The van der Waals surface area contributed by atoms with Crippen molar-refractivity contribution in [1.29, 1.82) is 0 Å². The molecule has 1 aromatic carbocycles. The number of carbonyl (C=O) groups excluding carboxylic acids is 2. The summed E-state index contributed by atoms with van der Waals surface area (Å²) in [5.74, 6) is 2.00. The van der Waals surface area contributed by atoms with Crippen molar-refractivity contribution in [1.82, 2.24) is 4.90 Å². The number of carbonyl (C=O) groups is 2. The fraction of sp³-hybridized carbons (Fsp3) is 0.692. The molecule has 0 spiro atoms. The average molecular weight is 426 g/mol. The van der Waals surface area contributed by atoms with Gasteiger partial charge in [0.15, 0.2) is 0 Å². The quantitative estimate of drug-likeness (QED) is 0.622. The van der Waals surface area contributed by atoms with Gasteiger partial charge in [0.2, 0.25) is 11.8 Å². The molecule has 0 atom stereocenters. The first-order chi connectivity index (χ1) is 15.2. The van der Waals surface area contributed by atoms with Gasteiger partial charge in [0.05, 0.1) is 0 Å². The van der Waals surface area contributed by atoms with Gasteiger partial charge in [0.25, 0.3) is 0 Å². The van der Waals surface area contributed by atoms with Crippen molar-refractivity contribution in [3.8, 4) is 0 Å². The molecule has 1 aromatic rings. The minimum atomic E-state index is 0.129. The Labute approximate surface area is 187 Å². The Bertz CT molecular complexity index is 713. The molecule has 1 saturated heterocycles. The summed E-state index contributed by atoms with van der Waals surface area (Å²) in [5, 5.41) is 3.04. The molecule has 1 N–H and O–H groups in total. The van der Waals surface area contributed by atoms with Crippen LogP contribution in [-0.2, 0) is 9.59 Å². The van der Waals surface area contributed by atoms with Gasteiger partial charge in [-0.25, -0.2) is 0 Å². The van der Waals surface area contributed by atoms with Gasteiger partial charge in [-0.2, -0.15) is 0 Å². The van der Waals surface area contributed by atoms with Gasteiger partial charge in [-0.05, 0) is 48.9 Å². The maximum absolute atomic E-state index is 12.5. The van der Waals surface area contributed by atoms with Crippen molar-refractivity contribution in [2.75, 3.05) is 36.4 Å². The van der Waals surface area contributed by atoms with Crippen molar-refractivity contribution >= 4 is 23.2 Å². The molecular weight excluding hydrogens is 386 g/mol. The Morgan fingerprint density at radius 1 is 0.774 bits per heavy atom. The zero-order valence-electron chi connectivity index (χ0n) is 19.0. The zero-order valence-corrected chi connectivity index (χ0v) is 19.0. The molecule has 4 rings (SSSR count). The van der Waals surface area contributed by atoms with Crippen LogP contribution in [0.1, 0.15) is 77.0 Å². The lowest BCUT2D eigenvalue weighted by Gasteiger charge is -2.36. The lowest BCUT2D eigenvalue weighted by atomic mass is 10.0. The summed E-state index contributed by atoms with van der Waals surface area (Å²) >= 11 is 0. The van der Waals surface area contributed by atoms with Gasteiger partial charge in [0.1, 0.15) is 0 Å². The topological polar surface area (TPSA) is 52.7 Å². The van der Waals surface area contributed by atoms with Gasteiger partial charge in [-0.3, -0.25) is 9.59 Å². The molecule has 0 radical (unpaired) electrons. The summed E-state index contributed by atoms with van der Waals surface area (Å²) < 4.78 is 0. The lowest BCUT2D eigenvalue weighted by molar-refractivity contribution is -0.131. The van der Waals surface area contributed by atoms with Crippen LogP contribution in [0.25, 0.3) is 0 Å². The number of rotatable bonds is 8. The van der Waals surface area contributed by atoms with Crippen molar-refractivity contribution in [3.63, 3.8) is 0 Å². The van der Waals surface area contributed by atoms with Crippen molar-refractivity contribution in [3.05, 3.63) is 24.3 Å². The number of amides is 2. The zero-order chi connectivity index (χ0) is 21.5. The molecule has 2 saturated carbocycles. The van der Waals surface area contributed by atoms with Crippen LogP contribution in [0, 0.1) is 11.8 Å². The number of nitrogens with one attached hydrogen (secondary N) is 1. The lowest BCUT2D eigenvalue weighted by Crippen LogP contribution is -2.48. The number of nitrogens with zero attached hydrogens (tertiary/aromatic N) is 2. The second-order valence-electron chi connectivity index (χ2n) is 9.84. The summed E-state index contributed by atoms with van der Waals surface area (Å²) in [6.07, 6.45) is 14.0. The van der Waals surface area contributed by atoms with Crippen LogP contribution in [0.2, 0.25) is 0 Å². The molecule has 170 valence electrons. The third-order valence-corrected chi connectivity index (χ3v) is 7.64. The number of piperazine rings is 1. The van der Waals surface area contributed by atoms with Gasteiger partial charge in [-0.15, -0.1) is 0 Å². The number of hydrogen-bond donors (Lipinski definition) is 1. The fourth-order valence-electron chi connectivity index (χ4n) is 5.61. The molecule has 5 heteroatoms. The van der Waals surface area contributed by atoms with E-state index in [-0.39, 0.29) is 5.91 Å². The first-order valence-electron chi connectivity index (χ1n) is 12.6. The van der Waals surface area contributed by atoms with E-state index in [2.05, 4.69) is 22.3 Å². The predicted octanol–water partition coefficient (Wildman–Crippen LogP) is 5.21. The molecule has 0 bridgehead atoms. The molecule has 5 nitrogen and oxygen atoms in total. The molecule has 2 aliphatic carbocycles. The van der Waals surface area contributed by atoms with E-state index < -0.39 is 0 Å². The molecule has 3 fully saturated rings. The van der Waals surface area contributed by atoms with E-state index in [0.717, 1.165) is 63.0 Å². The molecule has 1 heterocycles. The van der Waals surface area contributed by atoms with Crippen LogP contribution >= 0.6 is 0 Å². The third-order valence-electron chi connectivity index (χ3n) is 7.64. The summed E-state index contributed by atoms with van der Waals surface area (Å²) in [6, 6.07) is 8.18. The Morgan fingerprint density at radius 3 is 1.90 bits per heavy atom. The highest BCUT2D eigenvalue weighted by Crippen LogP contribution is 2.30. The van der Waals surface area contributed by atoms with Crippen molar-refractivity contribution < 1.29 is 9.59 Å². The Hall–Kier alpha value is -2.04. The molecule has 0 aromatic heterocycles. The number of anilines is 2. The van der Waals surface area contributed by atoms with E-state index in [1.165, 1.54) is 57.1 Å². The first-order valence-corrected chi connectivity index (χ1v) is 12.6. The number of benzene rings is 1. The second kappa shape index (κ2) is 11.0. The van der Waals surface area contributed by atoms with Crippen LogP contribution in [-0.4, -0.2) is 42.9 Å². The average Bonchev–Trinajstić information content (AvgIpc) is 3.51. The first kappa shape index (κ1) is 22.2. The molecule has 2 amide bonds. The maximum atomic E-state index is 12.5. The van der Waals surface area contributed by atoms with Crippen LogP contribution in [0.4, 0.5) is 11.4 Å². The fourth-order valence-corrected chi connectivity index (χ4v) is 5.61. The Kier molecular flexibility index (Phi) is 7.87. The van der Waals surface area contributed by atoms with Crippen LogP contribution < -0.4 is 10.2 Å². The van der Waals surface area contributed by atoms with E-state index in [4.69, 9.17) is 0 Å². The summed E-state index contributed by atoms with van der Waals surface area (Å²) in [4.78, 5) is 29.2. The van der Waals surface area contributed by atoms with Crippen molar-refractivity contribution in [2.45, 2.75) is 77.0 Å². The minimum absolute atomic E-state index is 0.129. The van der Waals surface area contributed by atoms with E-state index in [0.29, 0.717) is 12.3 Å². The summed E-state index contributed by atoms with van der Waals surface area (Å²) in [6.45, 7) is 3.37. The SMILES string of the molecule is O=C(CCC1CCCC1)Nc1ccc(N2CCN(C(=O)CCC3CCCC3)CC2)cc1. The summed E-state index contributed by atoms with van der Waals surface area (Å²) in [7, 11) is 0. The smallest absolute Gasteiger partial charge is 0.224 e.